The highest BCUT2D eigenvalue weighted by molar-refractivity contribution is 6.30. The highest BCUT2D eigenvalue weighted by atomic mass is 35.5. The minimum Gasteiger partial charge on any atom is -0.443 e. The zero-order valence-corrected chi connectivity index (χ0v) is 19.8. The molecule has 0 radical (unpaired) electrons. The Labute approximate surface area is 205 Å². The van der Waals surface area contributed by atoms with E-state index in [2.05, 4.69) is 51.6 Å². The summed E-state index contributed by atoms with van der Waals surface area (Å²) in [6.45, 7) is 3.09. The van der Waals surface area contributed by atoms with Crippen LogP contribution in [0.1, 0.15) is 53.1 Å². The SMILES string of the molecule is O=C(NC1CCN(CC23CC(c4ccccc42)c2ccc(Cl)cc23)CC1)OCc1ccccn1. The summed E-state index contributed by atoms with van der Waals surface area (Å²) in [6, 6.07) is 21.1. The summed E-state index contributed by atoms with van der Waals surface area (Å²) in [4.78, 5) is 19.0. The van der Waals surface area contributed by atoms with Gasteiger partial charge in [0.1, 0.15) is 6.61 Å². The number of rotatable bonds is 5. The fraction of sp³-hybridized carbons (Fsp3) is 0.357. The molecule has 174 valence electrons. The normalized spacial score (nSPS) is 23.4. The molecule has 3 aliphatic rings. The Morgan fingerprint density at radius 2 is 1.85 bits per heavy atom. The van der Waals surface area contributed by atoms with E-state index < -0.39 is 0 Å². The third-order valence-corrected chi connectivity index (χ3v) is 8.03. The van der Waals surface area contributed by atoms with Gasteiger partial charge in [-0.2, -0.15) is 0 Å². The van der Waals surface area contributed by atoms with E-state index in [-0.39, 0.29) is 24.2 Å². The number of carbonyl (C=O) groups excluding carboxylic acids is 1. The number of piperidine rings is 1. The number of pyridine rings is 1. The number of fused-ring (bicyclic) bond motifs is 8. The number of nitrogens with zero attached hydrogens (tertiary/aromatic N) is 2. The van der Waals surface area contributed by atoms with Gasteiger partial charge >= 0.3 is 6.09 Å². The number of ether oxygens (including phenoxy) is 1. The van der Waals surface area contributed by atoms with E-state index in [1.807, 2.05) is 24.3 Å². The molecule has 2 atom stereocenters. The van der Waals surface area contributed by atoms with Gasteiger partial charge in [-0.3, -0.25) is 4.98 Å². The van der Waals surface area contributed by atoms with Gasteiger partial charge in [-0.1, -0.05) is 48.0 Å². The van der Waals surface area contributed by atoms with Crippen molar-refractivity contribution in [1.29, 1.82) is 0 Å². The molecule has 1 fully saturated rings. The lowest BCUT2D eigenvalue weighted by atomic mass is 9.74. The number of likely N-dealkylation sites (tertiary alicyclic amines) is 1. The van der Waals surface area contributed by atoms with Crippen molar-refractivity contribution in [3.8, 4) is 0 Å². The second-order valence-corrected chi connectivity index (χ2v) is 10.2. The summed E-state index contributed by atoms with van der Waals surface area (Å²) in [7, 11) is 0. The number of alkyl carbamates (subject to hydrolysis) is 1. The Kier molecular flexibility index (Phi) is 5.54. The molecule has 0 spiro atoms. The summed E-state index contributed by atoms with van der Waals surface area (Å²) in [6.07, 6.45) is 4.30. The molecule has 6 rings (SSSR count). The number of aromatic nitrogens is 1. The Morgan fingerprint density at radius 3 is 2.68 bits per heavy atom. The summed E-state index contributed by atoms with van der Waals surface area (Å²) in [5, 5.41) is 3.86. The third-order valence-electron chi connectivity index (χ3n) is 7.79. The van der Waals surface area contributed by atoms with Crippen molar-refractivity contribution in [2.24, 2.45) is 0 Å². The number of amides is 1. The first-order valence-corrected chi connectivity index (χ1v) is 12.4. The highest BCUT2D eigenvalue weighted by Crippen LogP contribution is 2.60. The maximum Gasteiger partial charge on any atom is 0.407 e. The van der Waals surface area contributed by atoms with E-state index in [0.717, 1.165) is 49.6 Å². The fourth-order valence-corrected chi connectivity index (χ4v) is 6.44. The van der Waals surface area contributed by atoms with Crippen LogP contribution in [0.3, 0.4) is 0 Å². The van der Waals surface area contributed by atoms with Crippen LogP contribution < -0.4 is 5.32 Å². The Bertz CT molecular complexity index is 1210. The molecular formula is C28H28ClN3O2. The van der Waals surface area contributed by atoms with Crippen LogP contribution >= 0.6 is 11.6 Å². The van der Waals surface area contributed by atoms with Crippen LogP contribution in [0.15, 0.2) is 66.9 Å². The molecule has 2 aliphatic carbocycles. The smallest absolute Gasteiger partial charge is 0.407 e. The van der Waals surface area contributed by atoms with Crippen LogP contribution in [0.2, 0.25) is 5.02 Å². The summed E-state index contributed by atoms with van der Waals surface area (Å²) in [5.41, 5.74) is 6.54. The van der Waals surface area contributed by atoms with Crippen LogP contribution in [-0.4, -0.2) is 41.7 Å². The van der Waals surface area contributed by atoms with Crippen molar-refractivity contribution >= 4 is 17.7 Å². The molecular weight excluding hydrogens is 446 g/mol. The van der Waals surface area contributed by atoms with E-state index in [4.69, 9.17) is 16.3 Å². The lowest BCUT2D eigenvalue weighted by Crippen LogP contribution is -2.48. The van der Waals surface area contributed by atoms with Gasteiger partial charge < -0.3 is 15.0 Å². The van der Waals surface area contributed by atoms with Gasteiger partial charge in [0, 0.05) is 48.2 Å². The Balaban J connectivity index is 1.11. The Hall–Kier alpha value is -2.89. The van der Waals surface area contributed by atoms with Gasteiger partial charge in [0.2, 0.25) is 0 Å². The van der Waals surface area contributed by atoms with Crippen LogP contribution in [0.4, 0.5) is 4.79 Å². The number of hydrogen-bond donors (Lipinski definition) is 1. The molecule has 2 aromatic carbocycles. The van der Waals surface area contributed by atoms with Gasteiger partial charge in [0.15, 0.2) is 0 Å². The average molecular weight is 474 g/mol. The first-order chi connectivity index (χ1) is 16.6. The molecule has 2 bridgehead atoms. The summed E-state index contributed by atoms with van der Waals surface area (Å²) >= 11 is 6.46. The van der Waals surface area contributed by atoms with E-state index in [9.17, 15) is 4.79 Å². The largest absolute Gasteiger partial charge is 0.443 e. The number of benzene rings is 2. The van der Waals surface area contributed by atoms with E-state index in [1.165, 1.54) is 22.3 Å². The van der Waals surface area contributed by atoms with Crippen molar-refractivity contribution in [3.63, 3.8) is 0 Å². The monoisotopic (exact) mass is 473 g/mol. The molecule has 6 heteroatoms. The van der Waals surface area contributed by atoms with Gasteiger partial charge in [-0.25, -0.2) is 4.79 Å². The predicted octanol–water partition coefficient (Wildman–Crippen LogP) is 5.26. The number of halogens is 1. The fourth-order valence-electron chi connectivity index (χ4n) is 6.27. The summed E-state index contributed by atoms with van der Waals surface area (Å²) < 4.78 is 5.35. The zero-order valence-electron chi connectivity index (χ0n) is 19.0. The first kappa shape index (κ1) is 21.6. The molecule has 1 aliphatic heterocycles. The van der Waals surface area contributed by atoms with Crippen molar-refractivity contribution in [3.05, 3.63) is 99.8 Å². The van der Waals surface area contributed by atoms with Crippen molar-refractivity contribution in [2.45, 2.75) is 43.2 Å². The van der Waals surface area contributed by atoms with Gasteiger partial charge in [-0.15, -0.1) is 0 Å². The molecule has 5 nitrogen and oxygen atoms in total. The van der Waals surface area contributed by atoms with Crippen molar-refractivity contribution < 1.29 is 9.53 Å². The van der Waals surface area contributed by atoms with Crippen LogP contribution in [0.25, 0.3) is 0 Å². The highest BCUT2D eigenvalue weighted by Gasteiger charge is 2.53. The van der Waals surface area contributed by atoms with Crippen molar-refractivity contribution in [1.82, 2.24) is 15.2 Å². The van der Waals surface area contributed by atoms with Crippen LogP contribution in [0, 0.1) is 0 Å². The lowest BCUT2D eigenvalue weighted by molar-refractivity contribution is 0.122. The minimum absolute atomic E-state index is 0.00335. The number of nitrogens with one attached hydrogen (secondary N) is 1. The quantitative estimate of drug-likeness (QED) is 0.549. The molecule has 2 heterocycles. The average Bonchev–Trinajstić information content (AvgIpc) is 3.36. The standard InChI is InChI=1S/C28H28ClN3O2/c29-19-8-9-23-24-16-28(26(23)15-19,25-7-2-1-6-22(24)25)18-32-13-10-20(11-14-32)31-27(33)34-17-21-5-3-4-12-30-21/h1-9,12,15,20,24H,10-11,13-14,16-18H2,(H,31,33). The molecule has 0 saturated carbocycles. The van der Waals surface area contributed by atoms with E-state index in [0.29, 0.717) is 5.92 Å². The molecule has 34 heavy (non-hydrogen) atoms. The first-order valence-electron chi connectivity index (χ1n) is 12.1. The Morgan fingerprint density at radius 1 is 1.06 bits per heavy atom. The molecule has 1 amide bonds. The van der Waals surface area contributed by atoms with Crippen LogP contribution in [0.5, 0.6) is 0 Å². The molecule has 1 saturated heterocycles. The van der Waals surface area contributed by atoms with Gasteiger partial charge in [0.05, 0.1) is 5.69 Å². The van der Waals surface area contributed by atoms with E-state index in [1.54, 1.807) is 6.20 Å². The molecule has 1 N–H and O–H groups in total. The molecule has 1 aromatic heterocycles. The van der Waals surface area contributed by atoms with Crippen LogP contribution in [-0.2, 0) is 16.8 Å². The van der Waals surface area contributed by atoms with Gasteiger partial charge in [0.25, 0.3) is 0 Å². The zero-order chi connectivity index (χ0) is 23.1. The second-order valence-electron chi connectivity index (χ2n) is 9.75. The number of hydrogen-bond acceptors (Lipinski definition) is 4. The topological polar surface area (TPSA) is 54.5 Å². The third kappa shape index (κ3) is 3.77. The van der Waals surface area contributed by atoms with E-state index >= 15 is 0 Å². The minimum atomic E-state index is -0.366. The van der Waals surface area contributed by atoms with Crippen molar-refractivity contribution in [2.75, 3.05) is 19.6 Å². The summed E-state index contributed by atoms with van der Waals surface area (Å²) in [5.74, 6) is 0.469. The predicted molar refractivity (Wildman–Crippen MR) is 132 cm³/mol. The molecule has 3 aromatic rings. The van der Waals surface area contributed by atoms with Gasteiger partial charge in [-0.05, 0) is 65.8 Å². The number of carbonyl (C=O) groups is 1. The lowest BCUT2D eigenvalue weighted by Gasteiger charge is -2.40. The molecule has 2 unspecified atom stereocenters. The maximum atomic E-state index is 12.3. The second kappa shape index (κ2) is 8.71. The maximum absolute atomic E-state index is 12.3.